The average Bonchev–Trinajstić information content (AvgIpc) is 2.36. The van der Waals surface area contributed by atoms with E-state index in [2.05, 4.69) is 5.92 Å². The van der Waals surface area contributed by atoms with Gasteiger partial charge >= 0.3 is 0 Å². The van der Waals surface area contributed by atoms with Gasteiger partial charge in [0.2, 0.25) is 0 Å². The van der Waals surface area contributed by atoms with E-state index >= 15 is 0 Å². The van der Waals surface area contributed by atoms with Gasteiger partial charge in [0.1, 0.15) is 5.69 Å². The normalized spacial score (nSPS) is 9.00. The fraction of sp³-hybridized carbons (Fsp3) is 0.125. The van der Waals surface area contributed by atoms with Crippen LogP contribution >= 0.6 is 0 Å². The van der Waals surface area contributed by atoms with Gasteiger partial charge in [-0.05, 0) is 12.1 Å². The molecule has 0 saturated carbocycles. The average molecular weight is 148 g/mol. The monoisotopic (exact) mass is 148 g/mol. The molecule has 0 aliphatic carbocycles. The Morgan fingerprint density at radius 2 is 2.55 bits per heavy atom. The Hall–Kier alpha value is -1.69. The Labute approximate surface area is 64.8 Å². The molecule has 0 unspecified atom stereocenters. The zero-order valence-electron chi connectivity index (χ0n) is 5.95. The molecule has 2 N–H and O–H groups in total. The number of primary amides is 1. The topological polar surface area (TPSA) is 48.0 Å². The van der Waals surface area contributed by atoms with Gasteiger partial charge in [-0.2, -0.15) is 0 Å². The summed E-state index contributed by atoms with van der Waals surface area (Å²) in [6.07, 6.45) is 6.79. The van der Waals surface area contributed by atoms with Gasteiger partial charge in [-0.25, -0.2) is 0 Å². The first-order valence-electron chi connectivity index (χ1n) is 3.14. The lowest BCUT2D eigenvalue weighted by molar-refractivity contribution is 0.0992. The molecule has 0 atom stereocenters. The lowest BCUT2D eigenvalue weighted by Crippen LogP contribution is -2.16. The molecule has 56 valence electrons. The number of hydrogen-bond donors (Lipinski definition) is 1. The maximum atomic E-state index is 10.7. The first kappa shape index (κ1) is 7.42. The predicted molar refractivity (Wildman–Crippen MR) is 41.8 cm³/mol. The molecule has 0 saturated heterocycles. The molecule has 1 aromatic heterocycles. The Kier molecular flexibility index (Phi) is 1.98. The van der Waals surface area contributed by atoms with Crippen LogP contribution in [-0.2, 0) is 6.54 Å². The van der Waals surface area contributed by atoms with Crippen LogP contribution in [0.4, 0.5) is 0 Å². The van der Waals surface area contributed by atoms with E-state index < -0.39 is 5.91 Å². The molecule has 3 nitrogen and oxygen atoms in total. The molecule has 1 aromatic rings. The fourth-order valence-corrected chi connectivity index (χ4v) is 0.874. The molecule has 1 amide bonds. The quantitative estimate of drug-likeness (QED) is 0.599. The van der Waals surface area contributed by atoms with E-state index in [0.29, 0.717) is 12.2 Å². The molecule has 0 radical (unpaired) electrons. The van der Waals surface area contributed by atoms with Crippen molar-refractivity contribution >= 4 is 5.91 Å². The molecular formula is C8H8N2O. The molecule has 0 bridgehead atoms. The van der Waals surface area contributed by atoms with Crippen molar-refractivity contribution in [3.63, 3.8) is 0 Å². The van der Waals surface area contributed by atoms with E-state index in [0.717, 1.165) is 0 Å². The van der Waals surface area contributed by atoms with Crippen molar-refractivity contribution in [1.29, 1.82) is 0 Å². The summed E-state index contributed by atoms with van der Waals surface area (Å²) in [4.78, 5) is 10.7. The Bertz CT molecular complexity index is 306. The highest BCUT2D eigenvalue weighted by molar-refractivity contribution is 5.91. The van der Waals surface area contributed by atoms with Crippen molar-refractivity contribution < 1.29 is 4.79 Å². The Morgan fingerprint density at radius 3 is 3.09 bits per heavy atom. The maximum Gasteiger partial charge on any atom is 0.265 e. The number of terminal acetylenes is 1. The number of carbonyl (C=O) groups excluding carboxylic acids is 1. The predicted octanol–water partition coefficient (Wildman–Crippen LogP) is 0.220. The van der Waals surface area contributed by atoms with Crippen LogP contribution in [-0.4, -0.2) is 10.5 Å². The summed E-state index contributed by atoms with van der Waals surface area (Å²) in [5.74, 6) is 1.97. The lowest BCUT2D eigenvalue weighted by atomic mass is 10.4. The van der Waals surface area contributed by atoms with Crippen LogP contribution < -0.4 is 5.73 Å². The molecule has 0 aliphatic heterocycles. The summed E-state index contributed by atoms with van der Waals surface area (Å²) >= 11 is 0. The second-order valence-electron chi connectivity index (χ2n) is 2.09. The fourth-order valence-electron chi connectivity index (χ4n) is 0.874. The highest BCUT2D eigenvalue weighted by Crippen LogP contribution is 1.99. The first-order valence-corrected chi connectivity index (χ1v) is 3.14. The van der Waals surface area contributed by atoms with Crippen molar-refractivity contribution in [2.45, 2.75) is 6.54 Å². The minimum Gasteiger partial charge on any atom is -0.364 e. The SMILES string of the molecule is C#CCn1cccc1C(N)=O. The van der Waals surface area contributed by atoms with Gasteiger partial charge < -0.3 is 10.3 Å². The Balaban J connectivity index is 2.98. The van der Waals surface area contributed by atoms with Crippen molar-refractivity contribution in [2.24, 2.45) is 5.73 Å². The standard InChI is InChI=1S/C8H8N2O/c1-2-5-10-6-3-4-7(10)8(9)11/h1,3-4,6H,5H2,(H2,9,11). The number of amides is 1. The molecule has 0 aliphatic rings. The van der Waals surface area contributed by atoms with Crippen LogP contribution in [0.25, 0.3) is 0 Å². The highest BCUT2D eigenvalue weighted by Gasteiger charge is 2.03. The summed E-state index contributed by atoms with van der Waals surface area (Å²) in [6.45, 7) is 0.380. The van der Waals surface area contributed by atoms with Gasteiger partial charge in [0.15, 0.2) is 0 Å². The van der Waals surface area contributed by atoms with Gasteiger partial charge in [-0.1, -0.05) is 5.92 Å². The second kappa shape index (κ2) is 2.93. The van der Waals surface area contributed by atoms with Crippen LogP contribution in [0.2, 0.25) is 0 Å². The van der Waals surface area contributed by atoms with Gasteiger partial charge in [0, 0.05) is 6.20 Å². The smallest absolute Gasteiger partial charge is 0.265 e. The summed E-state index contributed by atoms with van der Waals surface area (Å²) in [5.41, 5.74) is 5.51. The van der Waals surface area contributed by atoms with Crippen LogP contribution in [0.1, 0.15) is 10.5 Å². The summed E-state index contributed by atoms with van der Waals surface area (Å²) in [6, 6.07) is 3.37. The number of nitrogens with zero attached hydrogens (tertiary/aromatic N) is 1. The number of nitrogens with two attached hydrogens (primary N) is 1. The van der Waals surface area contributed by atoms with Crippen LogP contribution in [0.3, 0.4) is 0 Å². The third kappa shape index (κ3) is 1.41. The summed E-state index contributed by atoms with van der Waals surface area (Å²) in [7, 11) is 0. The number of aromatic nitrogens is 1. The van der Waals surface area contributed by atoms with Gasteiger partial charge in [0.25, 0.3) is 5.91 Å². The van der Waals surface area contributed by atoms with Crippen molar-refractivity contribution in [2.75, 3.05) is 0 Å². The molecule has 1 heterocycles. The third-order valence-corrected chi connectivity index (χ3v) is 1.34. The molecule has 1 rings (SSSR count). The van der Waals surface area contributed by atoms with Crippen molar-refractivity contribution in [3.8, 4) is 12.3 Å². The largest absolute Gasteiger partial charge is 0.364 e. The van der Waals surface area contributed by atoms with E-state index in [-0.39, 0.29) is 0 Å². The number of carbonyl (C=O) groups is 1. The van der Waals surface area contributed by atoms with E-state index in [1.807, 2.05) is 0 Å². The first-order chi connectivity index (χ1) is 5.25. The van der Waals surface area contributed by atoms with Gasteiger partial charge in [0.05, 0.1) is 6.54 Å². The second-order valence-corrected chi connectivity index (χ2v) is 2.09. The van der Waals surface area contributed by atoms with E-state index in [1.54, 1.807) is 22.9 Å². The lowest BCUT2D eigenvalue weighted by Gasteiger charge is -1.99. The number of rotatable bonds is 2. The maximum absolute atomic E-state index is 10.7. The van der Waals surface area contributed by atoms with Crippen molar-refractivity contribution in [1.82, 2.24) is 4.57 Å². The zero-order valence-corrected chi connectivity index (χ0v) is 5.95. The summed E-state index contributed by atoms with van der Waals surface area (Å²) in [5, 5.41) is 0. The van der Waals surface area contributed by atoms with Crippen LogP contribution in [0, 0.1) is 12.3 Å². The minimum atomic E-state index is -0.453. The van der Waals surface area contributed by atoms with Crippen LogP contribution in [0.5, 0.6) is 0 Å². The Morgan fingerprint density at radius 1 is 1.82 bits per heavy atom. The highest BCUT2D eigenvalue weighted by atomic mass is 16.1. The summed E-state index contributed by atoms with van der Waals surface area (Å²) < 4.78 is 1.63. The van der Waals surface area contributed by atoms with Crippen molar-refractivity contribution in [3.05, 3.63) is 24.0 Å². The van der Waals surface area contributed by atoms with E-state index in [1.165, 1.54) is 0 Å². The minimum absolute atomic E-state index is 0.380. The molecule has 0 aromatic carbocycles. The molecule has 11 heavy (non-hydrogen) atoms. The molecule has 0 fully saturated rings. The molecule has 0 spiro atoms. The molecular weight excluding hydrogens is 140 g/mol. The van der Waals surface area contributed by atoms with Crippen LogP contribution in [0.15, 0.2) is 18.3 Å². The van der Waals surface area contributed by atoms with E-state index in [4.69, 9.17) is 12.2 Å². The molecule has 3 heteroatoms. The number of hydrogen-bond acceptors (Lipinski definition) is 1. The van der Waals surface area contributed by atoms with E-state index in [9.17, 15) is 4.79 Å². The zero-order chi connectivity index (χ0) is 8.27. The third-order valence-electron chi connectivity index (χ3n) is 1.34. The van der Waals surface area contributed by atoms with Gasteiger partial charge in [-0.3, -0.25) is 4.79 Å². The van der Waals surface area contributed by atoms with Gasteiger partial charge in [-0.15, -0.1) is 6.42 Å².